The van der Waals surface area contributed by atoms with E-state index in [1.807, 2.05) is 35.1 Å². The van der Waals surface area contributed by atoms with Crippen molar-refractivity contribution in [2.75, 3.05) is 0 Å². The Labute approximate surface area is 241 Å². The molecule has 10 heteroatoms. The molecule has 0 spiro atoms. The average molecular weight is 635 g/mol. The van der Waals surface area contributed by atoms with Crippen LogP contribution >= 0.6 is 50.5 Å². The maximum absolute atomic E-state index is 14.6. The molecule has 4 aromatic rings. The standard InChI is InChI=1S/C28H23BrCl2FN3O2S/c29-15-7-21(32)24-23(8-15)38-26(34-24)28(36)14-6-17-18(28)10-27(17,9-14)37-12-22-16(13-4-5-13)11-33-35(22)25-19(30)2-1-3-20(25)31/h1-3,7-8,11,13-14,17-18,36H,4-6,9-10,12H2/t14-,17?,18-,27?,28+/m1/s1. The van der Waals surface area contributed by atoms with Gasteiger partial charge < -0.3 is 9.84 Å². The number of para-hydroxylation sites is 1. The third kappa shape index (κ3) is 3.28. The fraction of sp³-hybridized carbons (Fsp3) is 0.429. The van der Waals surface area contributed by atoms with Gasteiger partial charge in [-0.2, -0.15) is 5.10 Å². The third-order valence-electron chi connectivity index (χ3n) is 9.36. The van der Waals surface area contributed by atoms with Crippen molar-refractivity contribution in [1.29, 1.82) is 0 Å². The quantitative estimate of drug-likeness (QED) is 0.235. The molecule has 2 unspecified atom stereocenters. The second-order valence-corrected chi connectivity index (χ2v) is 14.0. The number of thiazole rings is 1. The monoisotopic (exact) mass is 633 g/mol. The van der Waals surface area contributed by atoms with Crippen molar-refractivity contribution < 1.29 is 14.2 Å². The minimum absolute atomic E-state index is 0.0455. The van der Waals surface area contributed by atoms with Crippen LogP contribution in [0.3, 0.4) is 0 Å². The number of benzene rings is 2. The zero-order valence-corrected chi connectivity index (χ0v) is 24.0. The second-order valence-electron chi connectivity index (χ2n) is 11.3. The van der Waals surface area contributed by atoms with Crippen LogP contribution in [0.4, 0.5) is 4.39 Å². The number of aliphatic hydroxyl groups is 1. The topological polar surface area (TPSA) is 60.2 Å². The molecule has 0 saturated heterocycles. The van der Waals surface area contributed by atoms with Gasteiger partial charge in [-0.3, -0.25) is 0 Å². The van der Waals surface area contributed by atoms with Crippen LogP contribution in [0.5, 0.6) is 0 Å². The zero-order valence-electron chi connectivity index (χ0n) is 20.1. The number of hydrogen-bond donors (Lipinski definition) is 1. The van der Waals surface area contributed by atoms with E-state index in [9.17, 15) is 9.50 Å². The molecule has 8 rings (SSSR count). The van der Waals surface area contributed by atoms with E-state index in [2.05, 4.69) is 26.0 Å². The Bertz CT molecular complexity index is 1620. The Hall–Kier alpha value is -1.55. The Morgan fingerprint density at radius 3 is 2.68 bits per heavy atom. The van der Waals surface area contributed by atoms with Gasteiger partial charge in [0.1, 0.15) is 21.8 Å². The molecule has 0 radical (unpaired) electrons. The summed E-state index contributed by atoms with van der Waals surface area (Å²) >= 11 is 17.9. The lowest BCUT2D eigenvalue weighted by atomic mass is 9.54. The molecule has 4 fully saturated rings. The lowest BCUT2D eigenvalue weighted by Crippen LogP contribution is -2.62. The first kappa shape index (κ1) is 24.3. The molecule has 38 heavy (non-hydrogen) atoms. The minimum Gasteiger partial charge on any atom is -0.382 e. The smallest absolute Gasteiger partial charge is 0.151 e. The third-order valence-corrected chi connectivity index (χ3v) is 11.6. The van der Waals surface area contributed by atoms with E-state index < -0.39 is 5.60 Å². The molecule has 4 aliphatic rings. The summed E-state index contributed by atoms with van der Waals surface area (Å²) in [4.78, 5) is 4.61. The summed E-state index contributed by atoms with van der Waals surface area (Å²) in [7, 11) is 0. The fourth-order valence-electron chi connectivity index (χ4n) is 7.44. The lowest BCUT2D eigenvalue weighted by molar-refractivity contribution is -0.247. The normalized spacial score (nSPS) is 31.3. The molecular formula is C28H23BrCl2FN3O2S. The number of fused-ring (bicyclic) bond motifs is 2. The number of rotatable bonds is 6. The van der Waals surface area contributed by atoms with Crippen molar-refractivity contribution in [3.05, 3.63) is 73.1 Å². The second kappa shape index (κ2) is 8.24. The van der Waals surface area contributed by atoms with Gasteiger partial charge in [-0.05, 0) is 79.7 Å². The summed E-state index contributed by atoms with van der Waals surface area (Å²) < 4.78 is 24.6. The molecule has 0 amide bonds. The van der Waals surface area contributed by atoms with Crippen LogP contribution in [0.15, 0.2) is 41.0 Å². The van der Waals surface area contributed by atoms with Crippen LogP contribution < -0.4 is 0 Å². The Morgan fingerprint density at radius 1 is 1.18 bits per heavy atom. The molecule has 0 aliphatic heterocycles. The van der Waals surface area contributed by atoms with Gasteiger partial charge in [-0.15, -0.1) is 11.3 Å². The summed E-state index contributed by atoms with van der Waals surface area (Å²) in [5.41, 5.74) is 1.95. The van der Waals surface area contributed by atoms with E-state index in [1.54, 1.807) is 0 Å². The first-order valence-electron chi connectivity index (χ1n) is 12.9. The predicted octanol–water partition coefficient (Wildman–Crippen LogP) is 7.77. The van der Waals surface area contributed by atoms with Gasteiger partial charge in [0.15, 0.2) is 5.82 Å². The maximum atomic E-state index is 14.6. The van der Waals surface area contributed by atoms with E-state index in [0.717, 1.165) is 42.5 Å². The van der Waals surface area contributed by atoms with E-state index in [1.165, 1.54) is 23.0 Å². The molecule has 5 atom stereocenters. The lowest BCUT2D eigenvalue weighted by Gasteiger charge is -2.58. The first-order chi connectivity index (χ1) is 18.3. The first-order valence-corrected chi connectivity index (χ1v) is 15.3. The molecule has 196 valence electrons. The SMILES string of the molecule is O[C@@]1(c2nc3c(F)cc(Br)cc3s2)[C@@H]2CC3[C@H]1CC3(OCc1c(C3CC3)cnn1-c1c(Cl)cccc1Cl)C2. The Balaban J connectivity index is 1.08. The maximum Gasteiger partial charge on any atom is 0.151 e. The molecule has 4 saturated carbocycles. The van der Waals surface area contributed by atoms with Gasteiger partial charge >= 0.3 is 0 Å². The fourth-order valence-corrected chi connectivity index (χ4v) is 9.83. The van der Waals surface area contributed by atoms with Crippen LogP contribution in [-0.2, 0) is 16.9 Å². The van der Waals surface area contributed by atoms with Gasteiger partial charge in [0.2, 0.25) is 0 Å². The van der Waals surface area contributed by atoms with Crippen molar-refractivity contribution in [2.24, 2.45) is 17.8 Å². The number of halogens is 4. The van der Waals surface area contributed by atoms with Crippen molar-refractivity contribution in [2.45, 2.75) is 55.8 Å². The van der Waals surface area contributed by atoms with Crippen LogP contribution in [0, 0.1) is 23.6 Å². The largest absolute Gasteiger partial charge is 0.382 e. The van der Waals surface area contributed by atoms with E-state index in [4.69, 9.17) is 27.9 Å². The van der Waals surface area contributed by atoms with E-state index >= 15 is 0 Å². The van der Waals surface area contributed by atoms with Crippen molar-refractivity contribution in [3.63, 3.8) is 0 Å². The molecule has 2 aromatic heterocycles. The molecule has 4 aliphatic carbocycles. The van der Waals surface area contributed by atoms with Crippen molar-refractivity contribution in [3.8, 4) is 5.69 Å². The number of hydrogen-bond acceptors (Lipinski definition) is 5. The highest BCUT2D eigenvalue weighted by Crippen LogP contribution is 2.74. The van der Waals surface area contributed by atoms with Gasteiger partial charge in [-0.25, -0.2) is 14.1 Å². The Morgan fingerprint density at radius 2 is 1.97 bits per heavy atom. The van der Waals surface area contributed by atoms with Crippen LogP contribution in [-0.4, -0.2) is 25.5 Å². The van der Waals surface area contributed by atoms with Crippen LogP contribution in [0.25, 0.3) is 15.9 Å². The average Bonchev–Trinajstić information content (AvgIpc) is 3.26. The molecule has 2 aromatic carbocycles. The number of nitrogens with zero attached hydrogens (tertiary/aromatic N) is 3. The molecule has 5 nitrogen and oxygen atoms in total. The highest BCUT2D eigenvalue weighted by molar-refractivity contribution is 9.10. The summed E-state index contributed by atoms with van der Waals surface area (Å²) in [6.07, 6.45) is 6.67. The zero-order chi connectivity index (χ0) is 26.0. The summed E-state index contributed by atoms with van der Waals surface area (Å²) in [6.45, 7) is 0.419. The molecule has 1 N–H and O–H groups in total. The Kier molecular flexibility index (Phi) is 5.26. The van der Waals surface area contributed by atoms with Crippen LogP contribution in [0.1, 0.15) is 54.3 Å². The van der Waals surface area contributed by atoms with Gasteiger partial charge in [0, 0.05) is 10.4 Å². The number of aromatic nitrogens is 3. The number of ether oxygens (including phenoxy) is 1. The highest BCUT2D eigenvalue weighted by Gasteiger charge is 2.76. The summed E-state index contributed by atoms with van der Waals surface area (Å²) in [5.74, 6) is 0.505. The van der Waals surface area contributed by atoms with Crippen molar-refractivity contribution >= 4 is 60.7 Å². The minimum atomic E-state index is -1.02. The van der Waals surface area contributed by atoms with Gasteiger partial charge in [-0.1, -0.05) is 45.2 Å². The molecule has 2 bridgehead atoms. The van der Waals surface area contributed by atoms with E-state index in [-0.39, 0.29) is 29.2 Å². The van der Waals surface area contributed by atoms with Crippen molar-refractivity contribution in [1.82, 2.24) is 14.8 Å². The predicted molar refractivity (Wildman–Crippen MR) is 149 cm³/mol. The highest BCUT2D eigenvalue weighted by atomic mass is 79.9. The van der Waals surface area contributed by atoms with E-state index in [0.29, 0.717) is 43.3 Å². The molecule has 2 heterocycles. The summed E-state index contributed by atoms with van der Waals surface area (Å²) in [6, 6.07) is 8.78. The summed E-state index contributed by atoms with van der Waals surface area (Å²) in [5, 5.41) is 18.4. The molecular weight excluding hydrogens is 612 g/mol. The van der Waals surface area contributed by atoms with Gasteiger partial charge in [0.05, 0.1) is 38.8 Å². The van der Waals surface area contributed by atoms with Gasteiger partial charge in [0.25, 0.3) is 0 Å². The van der Waals surface area contributed by atoms with Crippen LogP contribution in [0.2, 0.25) is 10.0 Å².